The van der Waals surface area contributed by atoms with E-state index in [1.807, 2.05) is 43.3 Å². The first-order valence-corrected chi connectivity index (χ1v) is 11.5. The van der Waals surface area contributed by atoms with E-state index in [1.165, 1.54) is 23.3 Å². The van der Waals surface area contributed by atoms with Crippen LogP contribution in [0.4, 0.5) is 16.2 Å². The van der Waals surface area contributed by atoms with E-state index < -0.39 is 6.03 Å². The second-order valence-corrected chi connectivity index (χ2v) is 8.47. The van der Waals surface area contributed by atoms with E-state index in [-0.39, 0.29) is 5.56 Å². The van der Waals surface area contributed by atoms with Crippen molar-refractivity contribution in [3.63, 3.8) is 0 Å². The minimum Gasteiger partial charge on any atom is -0.493 e. The van der Waals surface area contributed by atoms with Crippen molar-refractivity contribution >= 4 is 34.8 Å². The molecule has 2 heterocycles. The molecule has 0 fully saturated rings. The van der Waals surface area contributed by atoms with Gasteiger partial charge in [-0.25, -0.2) is 9.78 Å². The van der Waals surface area contributed by atoms with Crippen molar-refractivity contribution in [2.45, 2.75) is 17.6 Å². The molecular weight excluding hydrogens is 452 g/mol. The third kappa shape index (κ3) is 5.32. The average molecular weight is 477 g/mol. The lowest BCUT2D eigenvalue weighted by atomic mass is 10.2. The summed E-state index contributed by atoms with van der Waals surface area (Å²) in [7, 11) is 3.09. The van der Waals surface area contributed by atoms with Gasteiger partial charge in [0.05, 0.1) is 25.6 Å². The van der Waals surface area contributed by atoms with Gasteiger partial charge < -0.3 is 20.1 Å². The molecule has 0 atom stereocenters. The Balaban J connectivity index is 1.46. The van der Waals surface area contributed by atoms with E-state index in [4.69, 9.17) is 9.47 Å². The molecule has 4 rings (SSSR count). The normalized spacial score (nSPS) is 10.7. The Morgan fingerprint density at radius 1 is 1.00 bits per heavy atom. The maximum Gasteiger partial charge on any atom is 0.323 e. The number of urea groups is 1. The van der Waals surface area contributed by atoms with Gasteiger partial charge in [0.2, 0.25) is 0 Å². The van der Waals surface area contributed by atoms with Crippen LogP contribution in [0.25, 0.3) is 5.65 Å². The molecule has 2 aromatic heterocycles. The number of benzene rings is 2. The number of pyridine rings is 1. The van der Waals surface area contributed by atoms with Gasteiger partial charge in [-0.3, -0.25) is 9.20 Å². The van der Waals surface area contributed by atoms with Crippen molar-refractivity contribution < 1.29 is 14.3 Å². The lowest BCUT2D eigenvalue weighted by Crippen LogP contribution is -2.19. The van der Waals surface area contributed by atoms with E-state index >= 15 is 0 Å². The topological polar surface area (TPSA) is 94.0 Å². The molecule has 0 aliphatic rings. The zero-order valence-electron chi connectivity index (χ0n) is 19.0. The Kier molecular flexibility index (Phi) is 7.03. The maximum absolute atomic E-state index is 12.6. The number of para-hydroxylation sites is 1. The number of nitrogens with zero attached hydrogens (tertiary/aromatic N) is 2. The fourth-order valence-corrected chi connectivity index (χ4v) is 4.28. The first-order chi connectivity index (χ1) is 16.5. The Morgan fingerprint density at radius 2 is 1.79 bits per heavy atom. The zero-order chi connectivity index (χ0) is 24.1. The van der Waals surface area contributed by atoms with Gasteiger partial charge in [-0.05, 0) is 42.8 Å². The van der Waals surface area contributed by atoms with Crippen molar-refractivity contribution in [2.75, 3.05) is 24.9 Å². The fourth-order valence-electron chi connectivity index (χ4n) is 3.38. The highest BCUT2D eigenvalue weighted by atomic mass is 32.2. The van der Waals surface area contributed by atoms with Crippen molar-refractivity contribution in [2.24, 2.45) is 0 Å². The van der Waals surface area contributed by atoms with Gasteiger partial charge in [0.15, 0.2) is 11.5 Å². The van der Waals surface area contributed by atoms with Gasteiger partial charge in [0.25, 0.3) is 5.56 Å². The van der Waals surface area contributed by atoms with Gasteiger partial charge >= 0.3 is 6.03 Å². The Bertz CT molecular complexity index is 1400. The van der Waals surface area contributed by atoms with Crippen molar-refractivity contribution in [3.05, 3.63) is 88.5 Å². The number of hydrogen-bond donors (Lipinski definition) is 2. The van der Waals surface area contributed by atoms with E-state index in [0.29, 0.717) is 40.0 Å². The molecule has 2 amide bonds. The summed E-state index contributed by atoms with van der Waals surface area (Å²) >= 11 is 1.49. The van der Waals surface area contributed by atoms with Crippen LogP contribution in [0.5, 0.6) is 11.5 Å². The highest BCUT2D eigenvalue weighted by Crippen LogP contribution is 2.31. The number of methoxy groups -OCH3 is 2. The number of amides is 2. The molecule has 34 heavy (non-hydrogen) atoms. The molecule has 2 N–H and O–H groups in total. The fraction of sp³-hybridized carbons (Fsp3) is 0.160. The highest BCUT2D eigenvalue weighted by molar-refractivity contribution is 7.98. The number of fused-ring (bicyclic) bond motifs is 1. The predicted molar refractivity (Wildman–Crippen MR) is 134 cm³/mol. The molecule has 4 aromatic rings. The number of carbonyl (C=O) groups is 1. The van der Waals surface area contributed by atoms with Crippen LogP contribution in [0, 0.1) is 6.92 Å². The Labute approximate surface area is 200 Å². The van der Waals surface area contributed by atoms with E-state index in [0.717, 1.165) is 10.5 Å². The smallest absolute Gasteiger partial charge is 0.323 e. The molecule has 0 saturated carbocycles. The molecule has 0 radical (unpaired) electrons. The first-order valence-electron chi connectivity index (χ1n) is 10.5. The number of aromatic nitrogens is 2. The number of ether oxygens (including phenoxy) is 2. The number of carbonyl (C=O) groups excluding carboxylic acids is 1. The van der Waals surface area contributed by atoms with Crippen LogP contribution in [-0.4, -0.2) is 29.6 Å². The van der Waals surface area contributed by atoms with E-state index in [9.17, 15) is 9.59 Å². The maximum atomic E-state index is 12.6. The second-order valence-electron chi connectivity index (χ2n) is 7.45. The molecule has 0 saturated heterocycles. The minimum absolute atomic E-state index is 0.120. The van der Waals surface area contributed by atoms with Crippen LogP contribution in [0.3, 0.4) is 0 Å². The molecule has 0 aliphatic carbocycles. The van der Waals surface area contributed by atoms with Gasteiger partial charge in [0, 0.05) is 34.7 Å². The summed E-state index contributed by atoms with van der Waals surface area (Å²) in [6.07, 6.45) is 1.78. The summed E-state index contributed by atoms with van der Waals surface area (Å²) in [5.41, 5.74) is 3.36. The minimum atomic E-state index is -0.391. The summed E-state index contributed by atoms with van der Waals surface area (Å²) in [4.78, 5) is 30.5. The van der Waals surface area contributed by atoms with E-state index in [1.54, 1.807) is 37.6 Å². The van der Waals surface area contributed by atoms with Crippen LogP contribution in [0.1, 0.15) is 11.3 Å². The van der Waals surface area contributed by atoms with Crippen LogP contribution >= 0.6 is 11.8 Å². The monoisotopic (exact) mass is 476 g/mol. The quantitative estimate of drug-likeness (QED) is 0.366. The number of thioether (sulfide) groups is 1. The lowest BCUT2D eigenvalue weighted by molar-refractivity contribution is 0.262. The summed E-state index contributed by atoms with van der Waals surface area (Å²) in [5, 5.41) is 5.68. The summed E-state index contributed by atoms with van der Waals surface area (Å²) in [5.74, 6) is 1.58. The average Bonchev–Trinajstić information content (AvgIpc) is 2.84. The standard InChI is InChI=1S/C25H24N4O4S/c1-16-8-11-23-26-18(13-24(30)29(23)14-16)15-34-22-7-5-4-6-19(22)28-25(31)27-17-9-10-20(32-2)21(12-17)33-3/h4-14H,15H2,1-3H3,(H2,27,28,31). The molecule has 0 aliphatic heterocycles. The second kappa shape index (κ2) is 10.3. The van der Waals surface area contributed by atoms with Crippen LogP contribution < -0.4 is 25.7 Å². The number of anilines is 2. The zero-order valence-corrected chi connectivity index (χ0v) is 19.8. The van der Waals surface area contributed by atoms with Crippen molar-refractivity contribution in [1.29, 1.82) is 0 Å². The SMILES string of the molecule is COc1ccc(NC(=O)Nc2ccccc2SCc2cc(=O)n3cc(C)ccc3n2)cc1OC. The molecule has 174 valence electrons. The number of rotatable bonds is 7. The van der Waals surface area contributed by atoms with E-state index in [2.05, 4.69) is 15.6 Å². The molecule has 9 heteroatoms. The summed E-state index contributed by atoms with van der Waals surface area (Å²) in [6, 6.07) is 17.5. The highest BCUT2D eigenvalue weighted by Gasteiger charge is 2.11. The molecule has 0 bridgehead atoms. The molecule has 0 spiro atoms. The van der Waals surface area contributed by atoms with Crippen molar-refractivity contribution in [3.8, 4) is 11.5 Å². The number of aryl methyl sites for hydroxylation is 1. The molecular formula is C25H24N4O4S. The number of nitrogens with one attached hydrogen (secondary N) is 2. The molecule has 0 unspecified atom stereocenters. The third-order valence-corrected chi connectivity index (χ3v) is 6.12. The Hall–Kier alpha value is -3.98. The van der Waals surface area contributed by atoms with Crippen LogP contribution in [0.2, 0.25) is 0 Å². The lowest BCUT2D eigenvalue weighted by Gasteiger charge is -2.13. The van der Waals surface area contributed by atoms with Crippen LogP contribution in [0.15, 0.2) is 76.6 Å². The summed E-state index contributed by atoms with van der Waals surface area (Å²) in [6.45, 7) is 1.93. The summed E-state index contributed by atoms with van der Waals surface area (Å²) < 4.78 is 12.0. The predicted octanol–water partition coefficient (Wildman–Crippen LogP) is 4.96. The van der Waals surface area contributed by atoms with Gasteiger partial charge in [-0.2, -0.15) is 0 Å². The third-order valence-electron chi connectivity index (χ3n) is 5.01. The molecule has 2 aromatic carbocycles. The largest absolute Gasteiger partial charge is 0.493 e. The van der Waals surface area contributed by atoms with Crippen LogP contribution in [-0.2, 0) is 5.75 Å². The number of hydrogen-bond acceptors (Lipinski definition) is 6. The first kappa shape index (κ1) is 23.2. The Morgan fingerprint density at radius 3 is 2.59 bits per heavy atom. The van der Waals surface area contributed by atoms with Gasteiger partial charge in [-0.1, -0.05) is 18.2 Å². The van der Waals surface area contributed by atoms with Gasteiger partial charge in [0.1, 0.15) is 5.65 Å². The van der Waals surface area contributed by atoms with Gasteiger partial charge in [-0.15, -0.1) is 11.8 Å². The molecule has 8 nitrogen and oxygen atoms in total. The van der Waals surface area contributed by atoms with Crippen molar-refractivity contribution in [1.82, 2.24) is 9.38 Å².